The van der Waals surface area contributed by atoms with Crippen LogP contribution in [-0.4, -0.2) is 30.6 Å². The topological polar surface area (TPSA) is 59.1 Å². The zero-order valence-corrected chi connectivity index (χ0v) is 17.4. The summed E-state index contributed by atoms with van der Waals surface area (Å²) in [7, 11) is -3.76. The van der Waals surface area contributed by atoms with E-state index in [1.165, 1.54) is 19.1 Å². The molecule has 0 amide bonds. The van der Waals surface area contributed by atoms with E-state index in [2.05, 4.69) is 9.71 Å². The van der Waals surface area contributed by atoms with Gasteiger partial charge in [0.1, 0.15) is 5.82 Å². The highest BCUT2D eigenvalue weighted by Gasteiger charge is 2.60. The van der Waals surface area contributed by atoms with E-state index in [0.717, 1.165) is 5.56 Å². The first-order valence-corrected chi connectivity index (χ1v) is 11.4. The van der Waals surface area contributed by atoms with Gasteiger partial charge in [0.05, 0.1) is 10.9 Å². The first-order chi connectivity index (χ1) is 14.1. The number of allylic oxidation sites excluding steroid dienone is 1. The number of fused-ring (bicyclic) bond motifs is 1. The summed E-state index contributed by atoms with van der Waals surface area (Å²) in [4.78, 5) is 4.33. The minimum Gasteiger partial charge on any atom is -0.256 e. The van der Waals surface area contributed by atoms with E-state index in [0.29, 0.717) is 11.3 Å². The molecule has 1 saturated carbocycles. The number of aromatic nitrogens is 1. The highest BCUT2D eigenvalue weighted by atomic mass is 32.2. The van der Waals surface area contributed by atoms with E-state index in [9.17, 15) is 21.6 Å². The third-order valence-corrected chi connectivity index (χ3v) is 8.33. The molecule has 1 aliphatic heterocycles. The van der Waals surface area contributed by atoms with E-state index in [1.807, 2.05) is 0 Å². The fourth-order valence-electron chi connectivity index (χ4n) is 4.70. The molecule has 0 spiro atoms. The van der Waals surface area contributed by atoms with E-state index in [-0.39, 0.29) is 5.82 Å². The van der Waals surface area contributed by atoms with Gasteiger partial charge in [0.2, 0.25) is 10.0 Å². The molecule has 30 heavy (non-hydrogen) atoms. The summed E-state index contributed by atoms with van der Waals surface area (Å²) >= 11 is 0. The summed E-state index contributed by atoms with van der Waals surface area (Å²) in [5, 5.41) is -1.10. The summed E-state index contributed by atoms with van der Waals surface area (Å²) in [6, 6.07) is 9.27. The molecule has 1 aromatic heterocycles. The predicted octanol–water partition coefficient (Wildman–Crippen LogP) is 4.50. The van der Waals surface area contributed by atoms with Crippen molar-refractivity contribution in [1.29, 1.82) is 0 Å². The molecule has 1 aliphatic carbocycles. The van der Waals surface area contributed by atoms with Gasteiger partial charge in [-0.1, -0.05) is 31.2 Å². The third kappa shape index (κ3) is 3.78. The molecular formula is C22H23F3N2O2S. The second-order valence-electron chi connectivity index (χ2n) is 8.24. The van der Waals surface area contributed by atoms with Gasteiger partial charge in [0, 0.05) is 36.1 Å². The van der Waals surface area contributed by atoms with Gasteiger partial charge < -0.3 is 0 Å². The third-order valence-electron chi connectivity index (χ3n) is 6.35. The lowest BCUT2D eigenvalue weighted by molar-refractivity contribution is -0.107. The Labute approximate surface area is 174 Å². The number of halogens is 3. The van der Waals surface area contributed by atoms with Crippen molar-refractivity contribution in [2.75, 3.05) is 0 Å². The predicted molar refractivity (Wildman–Crippen MR) is 110 cm³/mol. The molecular weight excluding hydrogens is 413 g/mol. The SMILES string of the molecule is C[C@H]1NS(=O)(=O)[C@@H]2CC(F)(F)[C@@H](C)[C@H](/C=C/c3ccc(-c4cccc(F)c4)cn3)[C@@H]21. The Balaban J connectivity index is 1.60. The van der Waals surface area contributed by atoms with Gasteiger partial charge in [-0.25, -0.2) is 26.3 Å². The second-order valence-corrected chi connectivity index (χ2v) is 10.2. The van der Waals surface area contributed by atoms with Crippen molar-refractivity contribution in [3.63, 3.8) is 0 Å². The number of hydrogen-bond donors (Lipinski definition) is 1. The zero-order valence-electron chi connectivity index (χ0n) is 16.6. The largest absolute Gasteiger partial charge is 0.256 e. The average molecular weight is 436 g/mol. The Kier molecular flexibility index (Phi) is 5.26. The molecule has 8 heteroatoms. The number of hydrogen-bond acceptors (Lipinski definition) is 3. The van der Waals surface area contributed by atoms with Gasteiger partial charge >= 0.3 is 0 Å². The molecule has 1 N–H and O–H groups in total. The molecule has 0 bridgehead atoms. The number of nitrogens with zero attached hydrogens (tertiary/aromatic N) is 1. The number of benzene rings is 1. The van der Waals surface area contributed by atoms with Crippen LogP contribution in [0.2, 0.25) is 0 Å². The van der Waals surface area contributed by atoms with Crippen LogP contribution in [0.25, 0.3) is 17.2 Å². The summed E-state index contributed by atoms with van der Waals surface area (Å²) in [5.74, 6) is -5.42. The molecule has 1 saturated heterocycles. The first-order valence-electron chi connectivity index (χ1n) is 9.88. The van der Waals surface area contributed by atoms with Crippen molar-refractivity contribution in [2.24, 2.45) is 17.8 Å². The highest BCUT2D eigenvalue weighted by Crippen LogP contribution is 2.50. The summed E-state index contributed by atoms with van der Waals surface area (Å²) < 4.78 is 69.7. The van der Waals surface area contributed by atoms with Crippen molar-refractivity contribution < 1.29 is 21.6 Å². The number of alkyl halides is 2. The second kappa shape index (κ2) is 7.50. The molecule has 160 valence electrons. The van der Waals surface area contributed by atoms with Crippen LogP contribution in [0.4, 0.5) is 13.2 Å². The zero-order chi connectivity index (χ0) is 21.7. The van der Waals surface area contributed by atoms with Crippen LogP contribution in [0.3, 0.4) is 0 Å². The lowest BCUT2D eigenvalue weighted by atomic mass is 9.68. The van der Waals surface area contributed by atoms with E-state index < -0.39 is 51.4 Å². The highest BCUT2D eigenvalue weighted by molar-refractivity contribution is 7.90. The maximum absolute atomic E-state index is 14.6. The number of rotatable bonds is 3. The maximum Gasteiger partial charge on any atom is 0.252 e. The van der Waals surface area contributed by atoms with Gasteiger partial charge in [-0.2, -0.15) is 0 Å². The fourth-order valence-corrected chi connectivity index (χ4v) is 6.82. The minimum absolute atomic E-state index is 0.340. The Morgan fingerprint density at radius 2 is 1.93 bits per heavy atom. The van der Waals surface area contributed by atoms with Crippen molar-refractivity contribution in [2.45, 2.75) is 37.5 Å². The van der Waals surface area contributed by atoms with Crippen LogP contribution in [0.1, 0.15) is 26.0 Å². The van der Waals surface area contributed by atoms with E-state index in [1.54, 1.807) is 49.5 Å². The molecule has 2 aromatic rings. The molecule has 4 nitrogen and oxygen atoms in total. The molecule has 4 rings (SSSR count). The summed E-state index contributed by atoms with van der Waals surface area (Å²) in [6.07, 6.45) is 4.27. The van der Waals surface area contributed by atoms with Crippen LogP contribution >= 0.6 is 0 Å². The lowest BCUT2D eigenvalue weighted by Gasteiger charge is -2.42. The molecule has 0 radical (unpaired) electrons. The first kappa shape index (κ1) is 21.1. The number of pyridine rings is 1. The van der Waals surface area contributed by atoms with Crippen LogP contribution in [0, 0.1) is 23.6 Å². The van der Waals surface area contributed by atoms with Crippen LogP contribution in [0.5, 0.6) is 0 Å². The van der Waals surface area contributed by atoms with Gasteiger partial charge in [0.25, 0.3) is 5.92 Å². The van der Waals surface area contributed by atoms with Crippen LogP contribution in [-0.2, 0) is 10.0 Å². The van der Waals surface area contributed by atoms with Gasteiger partial charge in [-0.3, -0.25) is 4.98 Å². The van der Waals surface area contributed by atoms with Crippen molar-refractivity contribution in [1.82, 2.24) is 9.71 Å². The molecule has 0 unspecified atom stereocenters. The minimum atomic E-state index is -3.76. The fraction of sp³-hybridized carbons (Fsp3) is 0.409. The normalized spacial score (nSPS) is 32.2. The Hall–Kier alpha value is -2.19. The average Bonchev–Trinajstić information content (AvgIpc) is 2.90. The van der Waals surface area contributed by atoms with Crippen molar-refractivity contribution in [3.05, 3.63) is 60.2 Å². The Morgan fingerprint density at radius 3 is 2.60 bits per heavy atom. The molecule has 2 heterocycles. The van der Waals surface area contributed by atoms with Crippen LogP contribution < -0.4 is 4.72 Å². The maximum atomic E-state index is 14.6. The molecule has 2 fully saturated rings. The monoisotopic (exact) mass is 436 g/mol. The lowest BCUT2D eigenvalue weighted by Crippen LogP contribution is -2.49. The molecule has 5 atom stereocenters. The molecule has 2 aliphatic rings. The van der Waals surface area contributed by atoms with Gasteiger partial charge in [-0.05, 0) is 42.7 Å². The summed E-state index contributed by atoms with van der Waals surface area (Å²) in [6.45, 7) is 3.20. The van der Waals surface area contributed by atoms with Gasteiger partial charge in [-0.15, -0.1) is 0 Å². The summed E-state index contributed by atoms with van der Waals surface area (Å²) in [5.41, 5.74) is 2.00. The van der Waals surface area contributed by atoms with Crippen LogP contribution in [0.15, 0.2) is 48.7 Å². The molecule has 1 aromatic carbocycles. The quantitative estimate of drug-likeness (QED) is 0.771. The number of nitrogens with one attached hydrogen (secondary N) is 1. The smallest absolute Gasteiger partial charge is 0.252 e. The number of sulfonamides is 1. The van der Waals surface area contributed by atoms with Crippen molar-refractivity contribution in [3.8, 4) is 11.1 Å². The van der Waals surface area contributed by atoms with E-state index >= 15 is 0 Å². The Bertz CT molecular complexity index is 1070. The standard InChI is InChI=1S/C22H23F3N2O2S/c1-13-19(21-14(2)27-30(28,29)20(21)11-22(13,24)25)9-8-18-7-6-16(12-26-18)15-4-3-5-17(23)10-15/h3-10,12-14,19-21,27H,11H2,1-2H3/b9-8+/t13-,14+,19-,20+,21-/m0/s1. The van der Waals surface area contributed by atoms with E-state index in [4.69, 9.17) is 0 Å². The van der Waals surface area contributed by atoms with Gasteiger partial charge in [0.15, 0.2) is 0 Å². The Morgan fingerprint density at radius 1 is 1.17 bits per heavy atom. The van der Waals surface area contributed by atoms with Crippen molar-refractivity contribution >= 4 is 16.1 Å².